The summed E-state index contributed by atoms with van der Waals surface area (Å²) in [6.07, 6.45) is 2.11. The van der Waals surface area contributed by atoms with Crippen LogP contribution in [0.4, 0.5) is 0 Å². The van der Waals surface area contributed by atoms with Crippen LogP contribution in [0.15, 0.2) is 24.3 Å². The number of halogens is 1. The molecule has 0 amide bonds. The fraction of sp³-hybridized carbons (Fsp3) is 0.700. The normalized spacial score (nSPS) is 13.9. The molecule has 0 spiro atoms. The first kappa shape index (κ1) is 23.2. The summed E-state index contributed by atoms with van der Waals surface area (Å²) in [4.78, 5) is 2.15. The molecule has 0 saturated carbocycles. The van der Waals surface area contributed by atoms with Gasteiger partial charge in [0.25, 0.3) is 0 Å². The molecular weight excluding hydrogens is 322 g/mol. The summed E-state index contributed by atoms with van der Waals surface area (Å²) in [6.45, 7) is 12.2. The second-order valence-corrected chi connectivity index (χ2v) is 7.61. The topological polar surface area (TPSA) is 21.7 Å². The van der Waals surface area contributed by atoms with Crippen LogP contribution < -0.4 is 4.74 Å². The van der Waals surface area contributed by atoms with Gasteiger partial charge in [-0.2, -0.15) is 0 Å². The van der Waals surface area contributed by atoms with Crippen molar-refractivity contribution in [1.82, 2.24) is 4.90 Å². The van der Waals surface area contributed by atoms with Crippen LogP contribution in [0.5, 0.6) is 5.75 Å². The lowest BCUT2D eigenvalue weighted by atomic mass is 10.0. The molecule has 0 heterocycles. The van der Waals surface area contributed by atoms with Crippen molar-refractivity contribution < 1.29 is 9.47 Å². The maximum Gasteiger partial charge on any atom is 0.119 e. The Bertz CT molecular complexity index is 445. The summed E-state index contributed by atoms with van der Waals surface area (Å²) >= 11 is 0. The highest BCUT2D eigenvalue weighted by molar-refractivity contribution is 5.85. The molecule has 1 rings (SSSR count). The Kier molecular flexibility index (Phi) is 10.6. The first-order valence-corrected chi connectivity index (χ1v) is 8.76. The van der Waals surface area contributed by atoms with Gasteiger partial charge in [-0.3, -0.25) is 4.90 Å². The summed E-state index contributed by atoms with van der Waals surface area (Å²) in [6, 6.07) is 8.41. The SMILES string of the molecule is CC(C)Cc1ccc(OCCOC(C)(CC(C)C)N(C)C)cc1.Cl. The molecule has 1 aromatic carbocycles. The van der Waals surface area contributed by atoms with Crippen LogP contribution in [0.3, 0.4) is 0 Å². The van der Waals surface area contributed by atoms with Gasteiger partial charge in [-0.1, -0.05) is 39.8 Å². The Morgan fingerprint density at radius 3 is 2.00 bits per heavy atom. The maximum absolute atomic E-state index is 6.10. The monoisotopic (exact) mass is 357 g/mol. The average Bonchev–Trinajstić information content (AvgIpc) is 2.44. The Labute approximate surface area is 155 Å². The van der Waals surface area contributed by atoms with E-state index in [1.165, 1.54) is 5.56 Å². The van der Waals surface area contributed by atoms with Crippen molar-refractivity contribution in [1.29, 1.82) is 0 Å². The second-order valence-electron chi connectivity index (χ2n) is 7.61. The van der Waals surface area contributed by atoms with Crippen molar-refractivity contribution in [2.45, 2.75) is 53.2 Å². The van der Waals surface area contributed by atoms with Crippen LogP contribution in [0.2, 0.25) is 0 Å². The summed E-state index contributed by atoms with van der Waals surface area (Å²) in [5.74, 6) is 2.19. The van der Waals surface area contributed by atoms with Gasteiger partial charge in [0.15, 0.2) is 0 Å². The number of hydrogen-bond donors (Lipinski definition) is 0. The third-order valence-electron chi connectivity index (χ3n) is 4.07. The van der Waals surface area contributed by atoms with Gasteiger partial charge in [0, 0.05) is 0 Å². The number of nitrogens with zero attached hydrogens (tertiary/aromatic N) is 1. The molecule has 1 aromatic rings. The van der Waals surface area contributed by atoms with Crippen molar-refractivity contribution in [3.8, 4) is 5.75 Å². The first-order chi connectivity index (χ1) is 10.7. The van der Waals surface area contributed by atoms with Crippen molar-refractivity contribution in [3.05, 3.63) is 29.8 Å². The molecule has 0 aliphatic heterocycles. The molecule has 0 saturated heterocycles. The van der Waals surface area contributed by atoms with E-state index in [1.54, 1.807) is 0 Å². The Balaban J connectivity index is 0.00000529. The zero-order valence-corrected chi connectivity index (χ0v) is 17.3. The molecule has 0 fully saturated rings. The van der Waals surface area contributed by atoms with Crippen LogP contribution in [-0.4, -0.2) is 37.9 Å². The maximum atomic E-state index is 6.10. The Hall–Kier alpha value is -0.770. The molecule has 0 bridgehead atoms. The summed E-state index contributed by atoms with van der Waals surface area (Å²) in [7, 11) is 4.13. The lowest BCUT2D eigenvalue weighted by Gasteiger charge is -2.37. The third-order valence-corrected chi connectivity index (χ3v) is 4.07. The molecule has 4 heteroatoms. The van der Waals surface area contributed by atoms with Gasteiger partial charge in [-0.05, 0) is 63.4 Å². The van der Waals surface area contributed by atoms with Gasteiger partial charge in [0.05, 0.1) is 6.61 Å². The zero-order chi connectivity index (χ0) is 17.5. The van der Waals surface area contributed by atoms with Crippen LogP contribution in [0.25, 0.3) is 0 Å². The van der Waals surface area contributed by atoms with Crippen LogP contribution in [-0.2, 0) is 11.2 Å². The first-order valence-electron chi connectivity index (χ1n) is 8.76. The van der Waals surface area contributed by atoms with Crippen LogP contribution in [0, 0.1) is 11.8 Å². The van der Waals surface area contributed by atoms with Crippen molar-refractivity contribution in [2.75, 3.05) is 27.3 Å². The second kappa shape index (κ2) is 11.0. The molecule has 0 aliphatic rings. The summed E-state index contributed by atoms with van der Waals surface area (Å²) in [5.41, 5.74) is 1.12. The van der Waals surface area contributed by atoms with E-state index in [4.69, 9.17) is 9.47 Å². The molecular formula is C20H36ClNO2. The molecule has 24 heavy (non-hydrogen) atoms. The average molecular weight is 358 g/mol. The number of ether oxygens (including phenoxy) is 2. The van der Waals surface area contributed by atoms with Crippen LogP contribution in [0.1, 0.15) is 46.6 Å². The van der Waals surface area contributed by atoms with E-state index in [1.807, 2.05) is 0 Å². The Morgan fingerprint density at radius 1 is 0.958 bits per heavy atom. The van der Waals surface area contributed by atoms with E-state index in [-0.39, 0.29) is 18.1 Å². The molecule has 1 unspecified atom stereocenters. The van der Waals surface area contributed by atoms with Crippen LogP contribution >= 0.6 is 12.4 Å². The van der Waals surface area contributed by atoms with Crippen molar-refractivity contribution in [2.24, 2.45) is 11.8 Å². The van der Waals surface area contributed by atoms with Gasteiger partial charge in [0.1, 0.15) is 18.1 Å². The Morgan fingerprint density at radius 2 is 1.54 bits per heavy atom. The van der Waals surface area contributed by atoms with Crippen molar-refractivity contribution >= 4 is 12.4 Å². The highest BCUT2D eigenvalue weighted by atomic mass is 35.5. The number of hydrogen-bond acceptors (Lipinski definition) is 3. The van der Waals surface area contributed by atoms with Gasteiger partial charge >= 0.3 is 0 Å². The van der Waals surface area contributed by atoms with Gasteiger partial charge in [-0.25, -0.2) is 0 Å². The predicted molar refractivity (Wildman–Crippen MR) is 105 cm³/mol. The molecule has 0 N–H and O–H groups in total. The van der Waals surface area contributed by atoms with E-state index >= 15 is 0 Å². The number of benzene rings is 1. The standard InChI is InChI=1S/C20H35NO2.ClH/c1-16(2)14-18-8-10-19(11-9-18)22-12-13-23-20(5,21(6)7)15-17(3)4;/h8-11,16-17H,12-15H2,1-7H3;1H. The molecule has 3 nitrogen and oxygen atoms in total. The smallest absolute Gasteiger partial charge is 0.119 e. The van der Waals surface area contributed by atoms with Gasteiger partial charge in [-0.15, -0.1) is 12.4 Å². The minimum Gasteiger partial charge on any atom is -0.491 e. The van der Waals surface area contributed by atoms with E-state index in [0.29, 0.717) is 25.0 Å². The van der Waals surface area contributed by atoms with E-state index in [2.05, 4.69) is 77.9 Å². The predicted octanol–water partition coefficient (Wildman–Crippen LogP) is 5.03. The minimum atomic E-state index is -0.237. The lowest BCUT2D eigenvalue weighted by molar-refractivity contribution is -0.140. The summed E-state index contributed by atoms with van der Waals surface area (Å²) in [5, 5.41) is 0. The van der Waals surface area contributed by atoms with Gasteiger partial charge in [0.2, 0.25) is 0 Å². The lowest BCUT2D eigenvalue weighted by Crippen LogP contribution is -2.45. The number of rotatable bonds is 10. The van der Waals surface area contributed by atoms with Crippen molar-refractivity contribution in [3.63, 3.8) is 0 Å². The third kappa shape index (κ3) is 8.36. The highest BCUT2D eigenvalue weighted by Crippen LogP contribution is 2.23. The molecule has 0 aromatic heterocycles. The van der Waals surface area contributed by atoms with E-state index in [9.17, 15) is 0 Å². The van der Waals surface area contributed by atoms with E-state index in [0.717, 1.165) is 18.6 Å². The fourth-order valence-electron chi connectivity index (χ4n) is 2.74. The summed E-state index contributed by atoms with van der Waals surface area (Å²) < 4.78 is 11.9. The van der Waals surface area contributed by atoms with E-state index < -0.39 is 0 Å². The fourth-order valence-corrected chi connectivity index (χ4v) is 2.74. The highest BCUT2D eigenvalue weighted by Gasteiger charge is 2.28. The largest absolute Gasteiger partial charge is 0.491 e. The zero-order valence-electron chi connectivity index (χ0n) is 16.5. The molecule has 1 atom stereocenters. The molecule has 0 radical (unpaired) electrons. The minimum absolute atomic E-state index is 0. The molecule has 140 valence electrons. The van der Waals surface area contributed by atoms with Gasteiger partial charge < -0.3 is 9.47 Å². The molecule has 0 aliphatic carbocycles. The quantitative estimate of drug-likeness (QED) is 0.433.